The first-order valence-corrected chi connectivity index (χ1v) is 12.8. The highest BCUT2D eigenvalue weighted by molar-refractivity contribution is 6.32. The maximum absolute atomic E-state index is 13.4. The van der Waals surface area contributed by atoms with E-state index in [1.165, 1.54) is 17.1 Å². The zero-order chi connectivity index (χ0) is 29.8. The number of carbonyl (C=O) groups excluding carboxylic acids is 1. The lowest BCUT2D eigenvalue weighted by atomic mass is 9.71. The van der Waals surface area contributed by atoms with Crippen LogP contribution in [0.1, 0.15) is 41.5 Å². The normalized spacial score (nSPS) is 17.2. The first kappa shape index (κ1) is 29.9. The van der Waals surface area contributed by atoms with Gasteiger partial charge in [0.05, 0.1) is 39.9 Å². The Bertz CT molecular complexity index is 1470. The fraction of sp³-hybridized carbons (Fsp3) is 0.276. The third-order valence-electron chi connectivity index (χ3n) is 6.74. The molecule has 0 aromatic heterocycles. The second kappa shape index (κ2) is 11.8. The zero-order valence-electron chi connectivity index (χ0n) is 21.4. The van der Waals surface area contributed by atoms with E-state index in [0.717, 1.165) is 35.9 Å². The highest BCUT2D eigenvalue weighted by Crippen LogP contribution is 2.42. The van der Waals surface area contributed by atoms with E-state index in [0.29, 0.717) is 24.1 Å². The van der Waals surface area contributed by atoms with Crippen molar-refractivity contribution >= 4 is 28.9 Å². The molecule has 4 rings (SSSR count). The van der Waals surface area contributed by atoms with Gasteiger partial charge < -0.3 is 5.32 Å². The number of rotatable bonds is 8. The van der Waals surface area contributed by atoms with E-state index < -0.39 is 39.8 Å². The highest BCUT2D eigenvalue weighted by Gasteiger charge is 2.45. The van der Waals surface area contributed by atoms with Gasteiger partial charge in [0.25, 0.3) is 0 Å². The van der Waals surface area contributed by atoms with Gasteiger partial charge in [0.1, 0.15) is 6.54 Å². The summed E-state index contributed by atoms with van der Waals surface area (Å²) >= 11 is 6.04. The number of carbonyl (C=O) groups is 1. The van der Waals surface area contributed by atoms with Gasteiger partial charge in [-0.15, -0.1) is 0 Å². The van der Waals surface area contributed by atoms with E-state index in [1.807, 2.05) is 18.2 Å². The van der Waals surface area contributed by atoms with E-state index in [9.17, 15) is 31.1 Å². The molecule has 0 saturated carbocycles. The maximum Gasteiger partial charge on any atom is 0.417 e. The quantitative estimate of drug-likeness (QED) is 0.216. The number of benzene rings is 3. The van der Waals surface area contributed by atoms with Gasteiger partial charge in [-0.3, -0.25) is 9.80 Å². The van der Waals surface area contributed by atoms with Crippen LogP contribution in [0.2, 0.25) is 5.02 Å². The van der Waals surface area contributed by atoms with Crippen LogP contribution in [0.25, 0.3) is 0 Å². The minimum absolute atomic E-state index is 0.157. The molecule has 1 unspecified atom stereocenters. The van der Waals surface area contributed by atoms with Crippen LogP contribution in [0, 0.1) is 11.3 Å². The SMILES string of the molecule is N#CCCCC1(c2ccccc2)CN(CC(=O)Nc2ccc(C(F)(F)F)cc2)N=C1c1ccc(C(F)(F)F)c(Cl)c1. The van der Waals surface area contributed by atoms with Gasteiger partial charge in [-0.25, -0.2) is 0 Å². The molecule has 0 saturated heterocycles. The maximum atomic E-state index is 13.4. The molecule has 1 atom stereocenters. The molecule has 0 spiro atoms. The summed E-state index contributed by atoms with van der Waals surface area (Å²) in [6.45, 7) is -0.122. The van der Waals surface area contributed by atoms with Crippen LogP contribution in [0.4, 0.5) is 32.0 Å². The molecule has 12 heteroatoms. The van der Waals surface area contributed by atoms with Crippen LogP contribution in [0.5, 0.6) is 0 Å². The molecule has 1 heterocycles. The Labute approximate surface area is 237 Å². The Hall–Kier alpha value is -4.04. The molecule has 41 heavy (non-hydrogen) atoms. The Morgan fingerprint density at radius 3 is 2.27 bits per heavy atom. The molecule has 1 amide bonds. The third-order valence-corrected chi connectivity index (χ3v) is 7.05. The smallest absolute Gasteiger partial charge is 0.324 e. The van der Waals surface area contributed by atoms with E-state index in [2.05, 4.69) is 16.5 Å². The van der Waals surface area contributed by atoms with Crippen LogP contribution < -0.4 is 5.32 Å². The van der Waals surface area contributed by atoms with E-state index >= 15 is 0 Å². The summed E-state index contributed by atoms with van der Waals surface area (Å²) < 4.78 is 78.8. The van der Waals surface area contributed by atoms with Gasteiger partial charge in [0.15, 0.2) is 0 Å². The number of nitriles is 1. The van der Waals surface area contributed by atoms with Gasteiger partial charge in [-0.1, -0.05) is 48.0 Å². The van der Waals surface area contributed by atoms with Crippen LogP contribution >= 0.6 is 11.6 Å². The van der Waals surface area contributed by atoms with Gasteiger partial charge in [0, 0.05) is 17.7 Å². The van der Waals surface area contributed by atoms with Gasteiger partial charge >= 0.3 is 12.4 Å². The van der Waals surface area contributed by atoms with Crippen LogP contribution in [0.15, 0.2) is 77.9 Å². The van der Waals surface area contributed by atoms with Crippen LogP contribution in [0.3, 0.4) is 0 Å². The average Bonchev–Trinajstić information content (AvgIpc) is 3.27. The lowest BCUT2D eigenvalue weighted by molar-refractivity contribution is -0.138. The summed E-state index contributed by atoms with van der Waals surface area (Å²) in [5, 5.41) is 17.3. The molecule has 1 N–H and O–H groups in total. The van der Waals surface area contributed by atoms with E-state index in [-0.39, 0.29) is 25.2 Å². The van der Waals surface area contributed by atoms with Crippen LogP contribution in [-0.2, 0) is 22.6 Å². The molecule has 0 fully saturated rings. The number of hydrogen-bond donors (Lipinski definition) is 1. The standard InChI is InChI=1S/C29H23ClF6N4O/c30-24-16-19(8-13-23(24)29(34,35)36)26-27(14-4-5-15-37,20-6-2-1-3-7-20)18-40(39-26)17-25(41)38-22-11-9-21(10-12-22)28(31,32)33/h1-3,6-13,16H,4-5,14,17-18H2,(H,38,41). The number of anilines is 1. The molecule has 1 aliphatic heterocycles. The highest BCUT2D eigenvalue weighted by atomic mass is 35.5. The molecule has 0 aliphatic carbocycles. The largest absolute Gasteiger partial charge is 0.417 e. The molecule has 0 radical (unpaired) electrons. The first-order chi connectivity index (χ1) is 19.3. The Morgan fingerprint density at radius 1 is 1.00 bits per heavy atom. The molecule has 214 valence electrons. The summed E-state index contributed by atoms with van der Waals surface area (Å²) in [6.07, 6.45) is -8.09. The van der Waals surface area contributed by atoms with Crippen LogP contribution in [-0.4, -0.2) is 29.7 Å². The molecule has 3 aromatic carbocycles. The Morgan fingerprint density at radius 2 is 1.68 bits per heavy atom. The summed E-state index contributed by atoms with van der Waals surface area (Å²) in [7, 11) is 0. The number of alkyl halides is 6. The third kappa shape index (κ3) is 6.82. The number of nitrogens with zero attached hydrogens (tertiary/aromatic N) is 3. The number of hydrogen-bond acceptors (Lipinski definition) is 4. The van der Waals surface area contributed by atoms with Crippen molar-refractivity contribution in [3.63, 3.8) is 0 Å². The van der Waals surface area contributed by atoms with E-state index in [1.54, 1.807) is 12.1 Å². The molecule has 3 aromatic rings. The predicted octanol–water partition coefficient (Wildman–Crippen LogP) is 7.67. The van der Waals surface area contributed by atoms with Crippen molar-refractivity contribution in [1.29, 1.82) is 5.26 Å². The fourth-order valence-electron chi connectivity index (χ4n) is 4.88. The van der Waals surface area contributed by atoms with Crippen molar-refractivity contribution in [3.05, 3.63) is 100 Å². The predicted molar refractivity (Wildman–Crippen MR) is 142 cm³/mol. The number of nitrogens with one attached hydrogen (secondary N) is 1. The van der Waals surface area contributed by atoms with Gasteiger partial charge in [-0.05, 0) is 54.8 Å². The average molecular weight is 593 g/mol. The summed E-state index contributed by atoms with van der Waals surface area (Å²) in [5.41, 5.74) is -1.08. The molecule has 5 nitrogen and oxygen atoms in total. The summed E-state index contributed by atoms with van der Waals surface area (Å²) in [4.78, 5) is 12.9. The van der Waals surface area contributed by atoms with Crippen molar-refractivity contribution in [2.75, 3.05) is 18.4 Å². The van der Waals surface area contributed by atoms with Crippen molar-refractivity contribution in [2.45, 2.75) is 37.0 Å². The monoisotopic (exact) mass is 592 g/mol. The van der Waals surface area contributed by atoms with Crippen molar-refractivity contribution < 1.29 is 31.1 Å². The first-order valence-electron chi connectivity index (χ1n) is 12.4. The lowest BCUT2D eigenvalue weighted by Crippen LogP contribution is -2.40. The summed E-state index contributed by atoms with van der Waals surface area (Å²) in [6, 6.07) is 18.5. The minimum Gasteiger partial charge on any atom is -0.324 e. The number of halogens is 7. The van der Waals surface area contributed by atoms with Crippen molar-refractivity contribution in [3.8, 4) is 6.07 Å². The van der Waals surface area contributed by atoms with E-state index in [4.69, 9.17) is 16.9 Å². The van der Waals surface area contributed by atoms with Gasteiger partial charge in [0.2, 0.25) is 5.91 Å². The molecule has 1 aliphatic rings. The van der Waals surface area contributed by atoms with Crippen molar-refractivity contribution in [1.82, 2.24) is 5.01 Å². The fourth-order valence-corrected chi connectivity index (χ4v) is 5.17. The second-order valence-electron chi connectivity index (χ2n) is 9.55. The topological polar surface area (TPSA) is 68.5 Å². The molecular weight excluding hydrogens is 570 g/mol. The number of amides is 1. The summed E-state index contributed by atoms with van der Waals surface area (Å²) in [5.74, 6) is -0.556. The number of hydrazone groups is 1. The zero-order valence-corrected chi connectivity index (χ0v) is 22.1. The molecule has 0 bridgehead atoms. The lowest BCUT2D eigenvalue weighted by Gasteiger charge is -2.32. The second-order valence-corrected chi connectivity index (χ2v) is 9.95. The number of unbranched alkanes of at least 4 members (excludes halogenated alkanes) is 1. The minimum atomic E-state index is -4.65. The Balaban J connectivity index is 1.68. The molecular formula is C29H23ClF6N4O. The van der Waals surface area contributed by atoms with Gasteiger partial charge in [-0.2, -0.15) is 36.7 Å². The Kier molecular flexibility index (Phi) is 8.63. The van der Waals surface area contributed by atoms with Crippen molar-refractivity contribution in [2.24, 2.45) is 5.10 Å².